The molecule has 0 aromatic heterocycles. The fourth-order valence-electron chi connectivity index (χ4n) is 1.94. The van der Waals surface area contributed by atoms with E-state index < -0.39 is 8.80 Å². The Kier molecular flexibility index (Phi) is 10.6. The lowest BCUT2D eigenvalue weighted by atomic mass is 10.2. The van der Waals surface area contributed by atoms with Gasteiger partial charge in [-0.2, -0.15) is 0 Å². The largest absolute Gasteiger partial charge is 0.532 e. The summed E-state index contributed by atoms with van der Waals surface area (Å²) in [6, 6.07) is 0. The van der Waals surface area contributed by atoms with Crippen LogP contribution in [0.1, 0.15) is 60.3 Å². The first-order chi connectivity index (χ1) is 8.70. The normalized spacial score (nSPS) is 13.1. The maximum atomic E-state index is 5.92. The Bertz CT molecular complexity index is 212. The molecule has 4 heteroatoms. The Hall–Kier alpha value is -0.163. The van der Waals surface area contributed by atoms with Crippen molar-refractivity contribution < 1.29 is 13.3 Å². The zero-order valence-electron chi connectivity index (χ0n) is 12.8. The van der Waals surface area contributed by atoms with Crippen LogP contribution in [0.5, 0.6) is 0 Å². The van der Waals surface area contributed by atoms with Gasteiger partial charge in [0, 0.05) is 19.8 Å². The van der Waals surface area contributed by atoms with Crippen LogP contribution in [0.3, 0.4) is 0 Å². The first kappa shape index (κ1) is 17.8. The van der Waals surface area contributed by atoms with Crippen molar-refractivity contribution >= 4 is 8.80 Å². The minimum atomic E-state index is -2.61. The van der Waals surface area contributed by atoms with Gasteiger partial charge in [0.2, 0.25) is 0 Å². The molecule has 108 valence electrons. The van der Waals surface area contributed by atoms with Crippen molar-refractivity contribution in [1.82, 2.24) is 0 Å². The molecule has 0 aromatic rings. The molecule has 0 aromatic carbocycles. The van der Waals surface area contributed by atoms with E-state index in [1.54, 1.807) is 0 Å². The molecule has 0 bridgehead atoms. The van der Waals surface area contributed by atoms with Crippen LogP contribution in [0.15, 0.2) is 11.3 Å². The van der Waals surface area contributed by atoms with Crippen molar-refractivity contribution in [1.29, 1.82) is 0 Å². The van der Waals surface area contributed by atoms with E-state index in [0.29, 0.717) is 19.8 Å². The van der Waals surface area contributed by atoms with Gasteiger partial charge in [-0.05, 0) is 38.8 Å². The van der Waals surface area contributed by atoms with E-state index in [2.05, 4.69) is 19.9 Å². The molecule has 0 N–H and O–H groups in total. The standard InChI is InChI=1S/C14H30O3Si/c1-6-11-12-13-14(7-2)18(15-8-3,16-9-4)17-10-5/h13H,6-12H2,1-5H3/b14-13+. The summed E-state index contributed by atoms with van der Waals surface area (Å²) in [4.78, 5) is 0. The SMILES string of the molecule is CCCC/C=C(\CC)[Si](OCC)(OCC)OCC. The predicted octanol–water partition coefficient (Wildman–Crippen LogP) is 4.10. The fourth-order valence-corrected chi connectivity index (χ4v) is 4.71. The summed E-state index contributed by atoms with van der Waals surface area (Å²) in [5.74, 6) is 0. The van der Waals surface area contributed by atoms with E-state index in [1.807, 2.05) is 20.8 Å². The monoisotopic (exact) mass is 274 g/mol. The lowest BCUT2D eigenvalue weighted by Gasteiger charge is -2.30. The highest BCUT2D eigenvalue weighted by Crippen LogP contribution is 2.24. The third-order valence-electron chi connectivity index (χ3n) is 2.73. The Morgan fingerprint density at radius 2 is 1.39 bits per heavy atom. The lowest BCUT2D eigenvalue weighted by molar-refractivity contribution is 0.0798. The number of hydrogen-bond acceptors (Lipinski definition) is 3. The van der Waals surface area contributed by atoms with E-state index in [0.717, 1.165) is 12.8 Å². The second kappa shape index (κ2) is 10.7. The number of unbranched alkanes of at least 4 members (excludes halogenated alkanes) is 2. The number of hydrogen-bond donors (Lipinski definition) is 0. The van der Waals surface area contributed by atoms with Crippen molar-refractivity contribution in [2.75, 3.05) is 19.8 Å². The quantitative estimate of drug-likeness (QED) is 0.419. The van der Waals surface area contributed by atoms with Crippen LogP contribution in [0.25, 0.3) is 0 Å². The van der Waals surface area contributed by atoms with E-state index in [1.165, 1.54) is 18.0 Å². The van der Waals surface area contributed by atoms with Gasteiger partial charge in [0.05, 0.1) is 0 Å². The van der Waals surface area contributed by atoms with Gasteiger partial charge in [-0.3, -0.25) is 0 Å². The van der Waals surface area contributed by atoms with Crippen molar-refractivity contribution in [3.63, 3.8) is 0 Å². The summed E-state index contributed by atoms with van der Waals surface area (Å²) in [5, 5.41) is 1.24. The van der Waals surface area contributed by atoms with Crippen LogP contribution >= 0.6 is 0 Å². The molecule has 0 unspecified atom stereocenters. The molecular weight excluding hydrogens is 244 g/mol. The molecule has 0 aliphatic carbocycles. The molecule has 0 amide bonds. The highest BCUT2D eigenvalue weighted by Gasteiger charge is 2.43. The average molecular weight is 274 g/mol. The first-order valence-corrected chi connectivity index (χ1v) is 9.04. The summed E-state index contributed by atoms with van der Waals surface area (Å²) in [6.07, 6.45) is 6.71. The number of rotatable bonds is 11. The molecule has 0 radical (unpaired) electrons. The zero-order valence-corrected chi connectivity index (χ0v) is 13.8. The summed E-state index contributed by atoms with van der Waals surface area (Å²) in [5.41, 5.74) is 0. The summed E-state index contributed by atoms with van der Waals surface area (Å²) in [7, 11) is -2.61. The van der Waals surface area contributed by atoms with Crippen LogP contribution in [0.4, 0.5) is 0 Å². The number of allylic oxidation sites excluding steroid dienone is 2. The molecule has 3 nitrogen and oxygen atoms in total. The topological polar surface area (TPSA) is 27.7 Å². The van der Waals surface area contributed by atoms with Crippen LogP contribution in [0, 0.1) is 0 Å². The Morgan fingerprint density at radius 1 is 0.889 bits per heavy atom. The third-order valence-corrected chi connectivity index (χ3v) is 6.08. The van der Waals surface area contributed by atoms with E-state index >= 15 is 0 Å². The highest BCUT2D eigenvalue weighted by molar-refractivity contribution is 6.68. The predicted molar refractivity (Wildman–Crippen MR) is 78.5 cm³/mol. The van der Waals surface area contributed by atoms with E-state index in [-0.39, 0.29) is 0 Å². The summed E-state index contributed by atoms with van der Waals surface area (Å²) >= 11 is 0. The van der Waals surface area contributed by atoms with E-state index in [9.17, 15) is 0 Å². The minimum absolute atomic E-state index is 0.636. The van der Waals surface area contributed by atoms with Crippen molar-refractivity contribution in [2.45, 2.75) is 60.3 Å². The fraction of sp³-hybridized carbons (Fsp3) is 0.857. The molecule has 0 aliphatic rings. The minimum Gasteiger partial charge on any atom is -0.370 e. The van der Waals surface area contributed by atoms with Gasteiger partial charge in [-0.15, -0.1) is 0 Å². The van der Waals surface area contributed by atoms with Gasteiger partial charge in [0.1, 0.15) is 0 Å². The van der Waals surface area contributed by atoms with E-state index in [4.69, 9.17) is 13.3 Å². The van der Waals surface area contributed by atoms with Gasteiger partial charge in [-0.1, -0.05) is 32.8 Å². The van der Waals surface area contributed by atoms with Gasteiger partial charge in [0.15, 0.2) is 0 Å². The van der Waals surface area contributed by atoms with Crippen molar-refractivity contribution in [3.8, 4) is 0 Å². The lowest BCUT2D eigenvalue weighted by Crippen LogP contribution is -2.48. The maximum absolute atomic E-state index is 5.92. The van der Waals surface area contributed by atoms with Crippen LogP contribution in [-0.2, 0) is 13.3 Å². The summed E-state index contributed by atoms with van der Waals surface area (Å²) < 4.78 is 17.8. The molecule has 0 atom stereocenters. The third kappa shape index (κ3) is 5.65. The Labute approximate surface area is 114 Å². The van der Waals surface area contributed by atoms with Crippen LogP contribution in [0.2, 0.25) is 0 Å². The highest BCUT2D eigenvalue weighted by atomic mass is 28.4. The maximum Gasteiger partial charge on any atom is 0.532 e. The smallest absolute Gasteiger partial charge is 0.370 e. The van der Waals surface area contributed by atoms with Gasteiger partial charge in [-0.25, -0.2) is 0 Å². The molecule has 0 fully saturated rings. The van der Waals surface area contributed by atoms with Crippen LogP contribution in [-0.4, -0.2) is 28.6 Å². The van der Waals surface area contributed by atoms with Gasteiger partial charge in [0.25, 0.3) is 0 Å². The van der Waals surface area contributed by atoms with Gasteiger partial charge >= 0.3 is 8.80 Å². The molecule has 0 saturated heterocycles. The first-order valence-electron chi connectivity index (χ1n) is 7.31. The molecule has 0 heterocycles. The van der Waals surface area contributed by atoms with Crippen LogP contribution < -0.4 is 0 Å². The molecule has 0 rings (SSSR count). The van der Waals surface area contributed by atoms with Crippen molar-refractivity contribution in [2.24, 2.45) is 0 Å². The second-order valence-electron chi connectivity index (χ2n) is 4.08. The zero-order chi connectivity index (χ0) is 13.9. The second-order valence-corrected chi connectivity index (χ2v) is 6.70. The molecule has 0 saturated carbocycles. The Balaban J connectivity index is 4.99. The summed E-state index contributed by atoms with van der Waals surface area (Å²) in [6.45, 7) is 12.3. The molecule has 18 heavy (non-hydrogen) atoms. The molecular formula is C14H30O3Si. The molecule has 0 spiro atoms. The Morgan fingerprint density at radius 3 is 1.72 bits per heavy atom. The van der Waals surface area contributed by atoms with Gasteiger partial charge < -0.3 is 13.3 Å². The van der Waals surface area contributed by atoms with Crippen molar-refractivity contribution in [3.05, 3.63) is 11.3 Å². The average Bonchev–Trinajstić information content (AvgIpc) is 2.35. The molecule has 0 aliphatic heterocycles.